The molecule has 2 saturated heterocycles. The van der Waals surface area contributed by atoms with Crippen LogP contribution in [0.1, 0.15) is 42.1 Å². The van der Waals surface area contributed by atoms with E-state index in [-0.39, 0.29) is 29.8 Å². The SMILES string of the molecule is CC1CC(=O)NC(N2CCC(NC(=O)c3cccc(C(F)(F)F)c3)CC2)N1. The van der Waals surface area contributed by atoms with Crippen LogP contribution in [-0.2, 0) is 11.0 Å². The molecule has 2 atom stereocenters. The number of rotatable bonds is 3. The summed E-state index contributed by atoms with van der Waals surface area (Å²) in [6, 6.07) is 4.42. The zero-order chi connectivity index (χ0) is 19.6. The number of amides is 2. The van der Waals surface area contributed by atoms with Gasteiger partial charge in [0, 0.05) is 37.2 Å². The van der Waals surface area contributed by atoms with Crippen molar-refractivity contribution in [2.24, 2.45) is 0 Å². The molecule has 0 radical (unpaired) electrons. The first-order valence-electron chi connectivity index (χ1n) is 9.00. The summed E-state index contributed by atoms with van der Waals surface area (Å²) < 4.78 is 38.4. The number of halogens is 3. The van der Waals surface area contributed by atoms with Crippen molar-refractivity contribution in [1.29, 1.82) is 0 Å². The molecular formula is C18H23F3N4O2. The van der Waals surface area contributed by atoms with Gasteiger partial charge in [0.25, 0.3) is 5.91 Å². The molecule has 3 N–H and O–H groups in total. The minimum absolute atomic E-state index is 0.00212. The highest BCUT2D eigenvalue weighted by molar-refractivity contribution is 5.94. The van der Waals surface area contributed by atoms with E-state index in [1.54, 1.807) is 0 Å². The van der Waals surface area contributed by atoms with Gasteiger partial charge in [0.1, 0.15) is 6.29 Å². The number of likely N-dealkylation sites (tertiary alicyclic amines) is 1. The van der Waals surface area contributed by atoms with Crippen LogP contribution in [0.15, 0.2) is 24.3 Å². The van der Waals surface area contributed by atoms with Crippen molar-refractivity contribution >= 4 is 11.8 Å². The van der Waals surface area contributed by atoms with Gasteiger partial charge in [-0.15, -0.1) is 0 Å². The molecule has 0 aliphatic carbocycles. The summed E-state index contributed by atoms with van der Waals surface area (Å²) in [4.78, 5) is 26.1. The molecule has 148 valence electrons. The highest BCUT2D eigenvalue weighted by Gasteiger charge is 2.32. The molecule has 2 fully saturated rings. The Labute approximate surface area is 155 Å². The lowest BCUT2D eigenvalue weighted by Crippen LogP contribution is -2.65. The molecule has 6 nitrogen and oxygen atoms in total. The van der Waals surface area contributed by atoms with Crippen LogP contribution in [0.2, 0.25) is 0 Å². The predicted molar refractivity (Wildman–Crippen MR) is 92.7 cm³/mol. The van der Waals surface area contributed by atoms with Gasteiger partial charge in [-0.1, -0.05) is 6.07 Å². The summed E-state index contributed by atoms with van der Waals surface area (Å²) >= 11 is 0. The second-order valence-corrected chi connectivity index (χ2v) is 7.10. The van der Waals surface area contributed by atoms with Gasteiger partial charge in [0.2, 0.25) is 5.91 Å². The second kappa shape index (κ2) is 7.85. The summed E-state index contributed by atoms with van der Waals surface area (Å²) in [7, 11) is 0. The van der Waals surface area contributed by atoms with E-state index >= 15 is 0 Å². The van der Waals surface area contributed by atoms with E-state index in [0.717, 1.165) is 12.1 Å². The van der Waals surface area contributed by atoms with Gasteiger partial charge in [-0.05, 0) is 38.0 Å². The Morgan fingerprint density at radius 1 is 1.26 bits per heavy atom. The summed E-state index contributed by atoms with van der Waals surface area (Å²) in [5.41, 5.74) is -0.833. The van der Waals surface area contributed by atoms with Crippen LogP contribution in [-0.4, -0.2) is 48.2 Å². The van der Waals surface area contributed by atoms with Crippen LogP contribution in [0.3, 0.4) is 0 Å². The molecule has 0 bridgehead atoms. The molecule has 9 heteroatoms. The lowest BCUT2D eigenvalue weighted by molar-refractivity contribution is -0.137. The van der Waals surface area contributed by atoms with E-state index in [1.165, 1.54) is 12.1 Å². The largest absolute Gasteiger partial charge is 0.416 e. The number of carbonyl (C=O) groups excluding carboxylic acids is 2. The first-order valence-corrected chi connectivity index (χ1v) is 9.00. The summed E-state index contributed by atoms with van der Waals surface area (Å²) in [5.74, 6) is -0.497. The maximum absolute atomic E-state index is 12.8. The highest BCUT2D eigenvalue weighted by Crippen LogP contribution is 2.29. The fourth-order valence-corrected chi connectivity index (χ4v) is 3.46. The molecule has 0 aromatic heterocycles. The van der Waals surface area contributed by atoms with E-state index in [2.05, 4.69) is 20.9 Å². The van der Waals surface area contributed by atoms with Crippen LogP contribution in [0.25, 0.3) is 0 Å². The number of alkyl halides is 3. The number of nitrogens with one attached hydrogen (secondary N) is 3. The van der Waals surface area contributed by atoms with Gasteiger partial charge in [0.15, 0.2) is 0 Å². The quantitative estimate of drug-likeness (QED) is 0.742. The Hall–Kier alpha value is -2.13. The summed E-state index contributed by atoms with van der Waals surface area (Å²) in [5, 5.41) is 9.03. The Balaban J connectivity index is 1.53. The molecule has 3 rings (SSSR count). The van der Waals surface area contributed by atoms with Gasteiger partial charge in [-0.25, -0.2) is 0 Å². The molecule has 2 heterocycles. The van der Waals surface area contributed by atoms with Crippen molar-refractivity contribution in [1.82, 2.24) is 20.9 Å². The van der Waals surface area contributed by atoms with E-state index in [0.29, 0.717) is 32.4 Å². The third-order valence-electron chi connectivity index (χ3n) is 4.91. The molecule has 0 spiro atoms. The fraction of sp³-hybridized carbons (Fsp3) is 0.556. The first kappa shape index (κ1) is 19.6. The van der Waals surface area contributed by atoms with E-state index in [1.807, 2.05) is 6.92 Å². The minimum Gasteiger partial charge on any atom is -0.349 e. The maximum atomic E-state index is 12.8. The lowest BCUT2D eigenvalue weighted by Gasteiger charge is -2.41. The van der Waals surface area contributed by atoms with Gasteiger partial charge in [-0.3, -0.25) is 19.8 Å². The number of nitrogens with zero attached hydrogens (tertiary/aromatic N) is 1. The standard InChI is InChI=1S/C18H23F3N4O2/c1-11-9-15(26)24-17(22-11)25-7-5-14(6-8-25)23-16(27)12-3-2-4-13(10-12)18(19,20)21/h2-4,10-11,14,17,22H,5-9H2,1H3,(H,23,27)(H,24,26). The zero-order valence-corrected chi connectivity index (χ0v) is 15.0. The predicted octanol–water partition coefficient (Wildman–Crippen LogP) is 1.68. The van der Waals surface area contributed by atoms with Crippen molar-refractivity contribution < 1.29 is 22.8 Å². The maximum Gasteiger partial charge on any atom is 0.416 e. The number of hydrogen-bond acceptors (Lipinski definition) is 4. The molecular weight excluding hydrogens is 361 g/mol. The number of carbonyl (C=O) groups is 2. The number of benzene rings is 1. The number of piperidine rings is 1. The topological polar surface area (TPSA) is 73.5 Å². The first-order chi connectivity index (χ1) is 12.7. The van der Waals surface area contributed by atoms with E-state index in [9.17, 15) is 22.8 Å². The van der Waals surface area contributed by atoms with Crippen LogP contribution in [0, 0.1) is 0 Å². The van der Waals surface area contributed by atoms with Crippen molar-refractivity contribution in [2.45, 2.75) is 50.7 Å². The van der Waals surface area contributed by atoms with Gasteiger partial charge >= 0.3 is 6.18 Å². The molecule has 1 aromatic carbocycles. The Bertz CT molecular complexity index is 702. The molecule has 2 amide bonds. The van der Waals surface area contributed by atoms with Crippen LogP contribution in [0.5, 0.6) is 0 Å². The Morgan fingerprint density at radius 3 is 2.59 bits per heavy atom. The molecule has 2 aliphatic heterocycles. The van der Waals surface area contributed by atoms with Crippen LogP contribution in [0.4, 0.5) is 13.2 Å². The van der Waals surface area contributed by atoms with Crippen LogP contribution < -0.4 is 16.0 Å². The third-order valence-corrected chi connectivity index (χ3v) is 4.91. The average molecular weight is 384 g/mol. The van der Waals surface area contributed by atoms with Gasteiger partial charge in [-0.2, -0.15) is 13.2 Å². The lowest BCUT2D eigenvalue weighted by atomic mass is 10.0. The summed E-state index contributed by atoms with van der Waals surface area (Å²) in [6.07, 6.45) is -2.93. The molecule has 2 unspecified atom stereocenters. The average Bonchev–Trinajstić information content (AvgIpc) is 2.61. The highest BCUT2D eigenvalue weighted by atomic mass is 19.4. The van der Waals surface area contributed by atoms with Crippen LogP contribution >= 0.6 is 0 Å². The van der Waals surface area contributed by atoms with Crippen molar-refractivity contribution in [3.63, 3.8) is 0 Å². The normalized spacial score (nSPS) is 25.1. The van der Waals surface area contributed by atoms with E-state index in [4.69, 9.17) is 0 Å². The van der Waals surface area contributed by atoms with Gasteiger partial charge in [0.05, 0.1) is 5.56 Å². The van der Waals surface area contributed by atoms with Crippen molar-refractivity contribution in [2.75, 3.05) is 13.1 Å². The monoisotopic (exact) mass is 384 g/mol. The molecule has 27 heavy (non-hydrogen) atoms. The van der Waals surface area contributed by atoms with Crippen molar-refractivity contribution in [3.8, 4) is 0 Å². The summed E-state index contributed by atoms with van der Waals surface area (Å²) in [6.45, 7) is 3.28. The molecule has 2 aliphatic rings. The Kier molecular flexibility index (Phi) is 5.71. The van der Waals surface area contributed by atoms with E-state index < -0.39 is 17.6 Å². The molecule has 0 saturated carbocycles. The van der Waals surface area contributed by atoms with Crippen molar-refractivity contribution in [3.05, 3.63) is 35.4 Å². The smallest absolute Gasteiger partial charge is 0.349 e. The molecule has 1 aromatic rings. The fourth-order valence-electron chi connectivity index (χ4n) is 3.46. The Morgan fingerprint density at radius 2 is 1.96 bits per heavy atom. The second-order valence-electron chi connectivity index (χ2n) is 7.10. The van der Waals surface area contributed by atoms with Gasteiger partial charge < -0.3 is 10.6 Å². The zero-order valence-electron chi connectivity index (χ0n) is 15.0. The minimum atomic E-state index is -4.48. The number of hydrogen-bond donors (Lipinski definition) is 3. The third kappa shape index (κ3) is 4.98.